The number of H-pyrrole nitrogens is 1. The summed E-state index contributed by atoms with van der Waals surface area (Å²) in [6.45, 7) is 0. The number of hydrogen-bond donors (Lipinski definition) is 1. The molecule has 2 heterocycles. The molecule has 0 amide bonds. The number of ether oxygens (including phenoxy) is 1. The largest absolute Gasteiger partial charge is 0.481 e. The molecule has 1 fully saturated rings. The van der Waals surface area contributed by atoms with Gasteiger partial charge in [-0.25, -0.2) is 4.98 Å². The van der Waals surface area contributed by atoms with Gasteiger partial charge in [0.25, 0.3) is 0 Å². The Kier molecular flexibility index (Phi) is 2.59. The van der Waals surface area contributed by atoms with Crippen molar-refractivity contribution in [2.24, 2.45) is 4.99 Å². The van der Waals surface area contributed by atoms with Gasteiger partial charge in [-0.05, 0) is 30.5 Å². The van der Waals surface area contributed by atoms with Crippen molar-refractivity contribution >= 4 is 6.21 Å². The van der Waals surface area contributed by atoms with Crippen LogP contribution in [0.2, 0.25) is 0 Å². The van der Waals surface area contributed by atoms with E-state index in [0.29, 0.717) is 5.88 Å². The third-order valence-electron chi connectivity index (χ3n) is 3.18. The fourth-order valence-corrected chi connectivity index (χ4v) is 1.92. The SMILES string of the molecule is COc1ccc(C2(N=Cc3ccn[nH]3)CC2)cn1. The lowest BCUT2D eigenvalue weighted by Gasteiger charge is -2.09. The lowest BCUT2D eigenvalue weighted by molar-refractivity contribution is 0.397. The molecule has 5 nitrogen and oxygen atoms in total. The van der Waals surface area contributed by atoms with Crippen molar-refractivity contribution in [1.82, 2.24) is 15.2 Å². The molecule has 0 aliphatic heterocycles. The number of nitrogens with zero attached hydrogens (tertiary/aromatic N) is 3. The number of rotatable bonds is 4. The quantitative estimate of drug-likeness (QED) is 0.833. The Morgan fingerprint density at radius 3 is 2.83 bits per heavy atom. The van der Waals surface area contributed by atoms with Gasteiger partial charge in [0.05, 0.1) is 18.3 Å². The average Bonchev–Trinajstić information content (AvgIpc) is 3.04. The van der Waals surface area contributed by atoms with Crippen molar-refractivity contribution < 1.29 is 4.74 Å². The summed E-state index contributed by atoms with van der Waals surface area (Å²) >= 11 is 0. The molecule has 0 bridgehead atoms. The molecule has 1 aliphatic carbocycles. The number of methoxy groups -OCH3 is 1. The summed E-state index contributed by atoms with van der Waals surface area (Å²) in [5.41, 5.74) is 1.96. The number of aromatic amines is 1. The first-order valence-electron chi connectivity index (χ1n) is 5.87. The van der Waals surface area contributed by atoms with E-state index >= 15 is 0 Å². The average molecular weight is 242 g/mol. The summed E-state index contributed by atoms with van der Waals surface area (Å²) < 4.78 is 5.06. The lowest BCUT2D eigenvalue weighted by Crippen LogP contribution is -2.04. The first-order chi connectivity index (χ1) is 8.82. The monoisotopic (exact) mass is 242 g/mol. The van der Waals surface area contributed by atoms with Gasteiger partial charge < -0.3 is 4.74 Å². The van der Waals surface area contributed by atoms with E-state index < -0.39 is 0 Å². The van der Waals surface area contributed by atoms with Crippen molar-refractivity contribution in [3.8, 4) is 5.88 Å². The number of aliphatic imine (C=N–C) groups is 1. The fraction of sp³-hybridized carbons (Fsp3) is 0.308. The van der Waals surface area contributed by atoms with Gasteiger partial charge in [0.1, 0.15) is 0 Å². The molecule has 0 radical (unpaired) electrons. The van der Waals surface area contributed by atoms with Crippen LogP contribution in [-0.2, 0) is 5.54 Å². The topological polar surface area (TPSA) is 63.2 Å². The zero-order chi connectivity index (χ0) is 12.4. The Labute approximate surface area is 105 Å². The van der Waals surface area contributed by atoms with E-state index in [-0.39, 0.29) is 5.54 Å². The highest BCUT2D eigenvalue weighted by molar-refractivity contribution is 5.77. The second-order valence-corrected chi connectivity index (χ2v) is 4.39. The van der Waals surface area contributed by atoms with E-state index in [1.54, 1.807) is 13.3 Å². The molecule has 1 N–H and O–H groups in total. The maximum absolute atomic E-state index is 5.06. The van der Waals surface area contributed by atoms with Crippen molar-refractivity contribution in [2.75, 3.05) is 7.11 Å². The van der Waals surface area contributed by atoms with Crippen LogP contribution in [-0.4, -0.2) is 28.5 Å². The first kappa shape index (κ1) is 11.0. The molecule has 2 aromatic rings. The minimum Gasteiger partial charge on any atom is -0.481 e. The standard InChI is InChI=1S/C13H14N4O/c1-18-12-3-2-10(8-14-12)13(5-6-13)15-9-11-4-7-16-17-11/h2-4,7-9H,5-6H2,1H3,(H,16,17). The van der Waals surface area contributed by atoms with Gasteiger partial charge >= 0.3 is 0 Å². The van der Waals surface area contributed by atoms with Gasteiger partial charge in [-0.15, -0.1) is 0 Å². The van der Waals surface area contributed by atoms with Crippen LogP contribution < -0.4 is 4.74 Å². The summed E-state index contributed by atoms with van der Waals surface area (Å²) in [6.07, 6.45) is 7.52. The molecule has 0 atom stereocenters. The van der Waals surface area contributed by atoms with Gasteiger partial charge in [-0.3, -0.25) is 10.1 Å². The van der Waals surface area contributed by atoms with Gasteiger partial charge in [-0.2, -0.15) is 5.10 Å². The number of aromatic nitrogens is 3. The molecular formula is C13H14N4O. The summed E-state index contributed by atoms with van der Waals surface area (Å²) in [5.74, 6) is 0.632. The zero-order valence-electron chi connectivity index (χ0n) is 10.1. The highest BCUT2D eigenvalue weighted by atomic mass is 16.5. The van der Waals surface area contributed by atoms with Crippen LogP contribution in [0.15, 0.2) is 35.6 Å². The second-order valence-electron chi connectivity index (χ2n) is 4.39. The van der Waals surface area contributed by atoms with Gasteiger partial charge in [-0.1, -0.05) is 0 Å². The molecule has 2 aromatic heterocycles. The van der Waals surface area contributed by atoms with E-state index in [1.807, 2.05) is 30.6 Å². The van der Waals surface area contributed by atoms with E-state index in [4.69, 9.17) is 4.74 Å². The lowest BCUT2D eigenvalue weighted by atomic mass is 10.1. The molecule has 1 aliphatic rings. The van der Waals surface area contributed by atoms with Crippen LogP contribution in [0, 0.1) is 0 Å². The predicted molar refractivity (Wildman–Crippen MR) is 67.9 cm³/mol. The van der Waals surface area contributed by atoms with Gasteiger partial charge in [0, 0.05) is 24.7 Å². The normalized spacial score (nSPS) is 16.9. The van der Waals surface area contributed by atoms with Gasteiger partial charge in [0.15, 0.2) is 0 Å². The zero-order valence-corrected chi connectivity index (χ0v) is 10.1. The predicted octanol–water partition coefficient (Wildman–Crippen LogP) is 1.92. The fourth-order valence-electron chi connectivity index (χ4n) is 1.92. The maximum atomic E-state index is 5.06. The molecule has 0 saturated heterocycles. The summed E-state index contributed by atoms with van der Waals surface area (Å²) in [7, 11) is 1.62. The Morgan fingerprint density at radius 2 is 2.28 bits per heavy atom. The third-order valence-corrected chi connectivity index (χ3v) is 3.18. The summed E-state index contributed by atoms with van der Waals surface area (Å²) in [4.78, 5) is 8.89. The van der Waals surface area contributed by atoms with Crippen LogP contribution >= 0.6 is 0 Å². The van der Waals surface area contributed by atoms with Crippen LogP contribution in [0.1, 0.15) is 24.1 Å². The molecule has 3 rings (SSSR count). The van der Waals surface area contributed by atoms with Crippen molar-refractivity contribution in [2.45, 2.75) is 18.4 Å². The van der Waals surface area contributed by atoms with Crippen molar-refractivity contribution in [3.05, 3.63) is 41.9 Å². The second kappa shape index (κ2) is 4.25. The summed E-state index contributed by atoms with van der Waals surface area (Å²) in [6, 6.07) is 5.80. The van der Waals surface area contributed by atoms with E-state index in [2.05, 4.69) is 20.2 Å². The van der Waals surface area contributed by atoms with Crippen molar-refractivity contribution in [1.29, 1.82) is 0 Å². The van der Waals surface area contributed by atoms with Crippen molar-refractivity contribution in [3.63, 3.8) is 0 Å². The Balaban J connectivity index is 1.81. The molecule has 18 heavy (non-hydrogen) atoms. The Bertz CT molecular complexity index is 541. The Hall–Kier alpha value is -2.17. The highest BCUT2D eigenvalue weighted by Crippen LogP contribution is 2.49. The minimum atomic E-state index is -0.0929. The molecular weight excluding hydrogens is 228 g/mol. The Morgan fingerprint density at radius 1 is 1.39 bits per heavy atom. The number of hydrogen-bond acceptors (Lipinski definition) is 4. The molecule has 0 spiro atoms. The van der Waals surface area contributed by atoms with E-state index in [9.17, 15) is 0 Å². The molecule has 92 valence electrons. The van der Waals surface area contributed by atoms with Crippen LogP contribution in [0.3, 0.4) is 0 Å². The number of nitrogens with one attached hydrogen (secondary N) is 1. The minimum absolute atomic E-state index is 0.0929. The molecule has 1 saturated carbocycles. The first-order valence-corrected chi connectivity index (χ1v) is 5.87. The molecule has 5 heteroatoms. The van der Waals surface area contributed by atoms with E-state index in [1.165, 1.54) is 0 Å². The van der Waals surface area contributed by atoms with Gasteiger partial charge in [0.2, 0.25) is 5.88 Å². The molecule has 0 aromatic carbocycles. The molecule has 0 unspecified atom stereocenters. The smallest absolute Gasteiger partial charge is 0.212 e. The summed E-state index contributed by atoms with van der Waals surface area (Å²) in [5, 5.41) is 6.77. The highest BCUT2D eigenvalue weighted by Gasteiger charge is 2.44. The number of pyridine rings is 1. The maximum Gasteiger partial charge on any atom is 0.212 e. The van der Waals surface area contributed by atoms with E-state index in [0.717, 1.165) is 24.1 Å². The van der Waals surface area contributed by atoms with Crippen LogP contribution in [0.25, 0.3) is 0 Å². The van der Waals surface area contributed by atoms with Crippen LogP contribution in [0.4, 0.5) is 0 Å². The third kappa shape index (κ3) is 1.99. The van der Waals surface area contributed by atoms with Crippen LogP contribution in [0.5, 0.6) is 5.88 Å².